The first kappa shape index (κ1) is 15.9. The number of hydrogen-bond donors (Lipinski definition) is 0. The molecule has 0 radical (unpaired) electrons. The van der Waals surface area contributed by atoms with Crippen molar-refractivity contribution in [2.24, 2.45) is 0 Å². The Labute approximate surface area is 139 Å². The zero-order chi connectivity index (χ0) is 16.9. The van der Waals surface area contributed by atoms with E-state index in [0.29, 0.717) is 6.42 Å². The van der Waals surface area contributed by atoms with Gasteiger partial charge in [0.15, 0.2) is 0 Å². The fraction of sp³-hybridized carbons (Fsp3) is 0.158. The first-order chi connectivity index (χ1) is 11.6. The summed E-state index contributed by atoms with van der Waals surface area (Å²) in [4.78, 5) is 25.4. The van der Waals surface area contributed by atoms with Crippen molar-refractivity contribution in [3.8, 4) is 0 Å². The molecule has 2 aromatic rings. The van der Waals surface area contributed by atoms with Gasteiger partial charge in [0.25, 0.3) is 5.91 Å². The van der Waals surface area contributed by atoms with Crippen LogP contribution in [0, 0.1) is 5.82 Å². The van der Waals surface area contributed by atoms with Gasteiger partial charge in [-0.3, -0.25) is 4.79 Å². The first-order valence-corrected chi connectivity index (χ1v) is 7.61. The van der Waals surface area contributed by atoms with E-state index in [1.807, 2.05) is 30.3 Å². The lowest BCUT2D eigenvalue weighted by Gasteiger charge is -2.18. The van der Waals surface area contributed by atoms with Crippen LogP contribution in [-0.2, 0) is 16.0 Å². The van der Waals surface area contributed by atoms with Crippen LogP contribution in [0.15, 0.2) is 66.7 Å². The highest BCUT2D eigenvalue weighted by atomic mass is 19.1. The van der Waals surface area contributed by atoms with E-state index in [0.717, 1.165) is 16.0 Å². The van der Waals surface area contributed by atoms with Gasteiger partial charge in [-0.05, 0) is 29.7 Å². The molecular formula is C19H16FNO3. The van der Waals surface area contributed by atoms with E-state index in [9.17, 15) is 14.0 Å². The summed E-state index contributed by atoms with van der Waals surface area (Å²) >= 11 is 0. The summed E-state index contributed by atoms with van der Waals surface area (Å²) in [6, 6.07) is 14.9. The van der Waals surface area contributed by atoms with Crippen LogP contribution in [0.5, 0.6) is 0 Å². The van der Waals surface area contributed by atoms with Crippen LogP contribution < -0.4 is 0 Å². The van der Waals surface area contributed by atoms with E-state index in [-0.39, 0.29) is 12.4 Å². The Kier molecular flexibility index (Phi) is 4.70. The lowest BCUT2D eigenvalue weighted by atomic mass is 10.1. The molecule has 0 saturated carbocycles. The van der Waals surface area contributed by atoms with Crippen LogP contribution in [0.3, 0.4) is 0 Å². The number of allylic oxidation sites excluding steroid dienone is 1. The number of benzene rings is 2. The Balaban J connectivity index is 1.69. The maximum Gasteiger partial charge on any atom is 0.417 e. The van der Waals surface area contributed by atoms with Crippen LogP contribution in [0.2, 0.25) is 0 Å². The largest absolute Gasteiger partial charge is 0.446 e. The van der Waals surface area contributed by atoms with Crippen LogP contribution in [0.25, 0.3) is 0 Å². The van der Waals surface area contributed by atoms with Crippen LogP contribution in [0.4, 0.5) is 9.18 Å². The Morgan fingerprint density at radius 3 is 2.58 bits per heavy atom. The first-order valence-electron chi connectivity index (χ1n) is 7.61. The maximum absolute atomic E-state index is 12.9. The highest BCUT2D eigenvalue weighted by molar-refractivity contribution is 5.99. The number of hydrogen-bond acceptors (Lipinski definition) is 3. The molecule has 24 heavy (non-hydrogen) atoms. The van der Waals surface area contributed by atoms with Crippen LogP contribution >= 0.6 is 0 Å². The third-order valence-corrected chi connectivity index (χ3v) is 3.82. The highest BCUT2D eigenvalue weighted by Gasteiger charge is 2.37. The van der Waals surface area contributed by atoms with Gasteiger partial charge in [-0.1, -0.05) is 48.5 Å². The van der Waals surface area contributed by atoms with Crippen molar-refractivity contribution in [3.63, 3.8) is 0 Å². The van der Waals surface area contributed by atoms with E-state index in [1.165, 1.54) is 18.2 Å². The number of rotatable bonds is 4. The number of carbonyl (C=O) groups excluding carboxylic acids is 2. The second-order valence-electron chi connectivity index (χ2n) is 5.44. The van der Waals surface area contributed by atoms with Crippen molar-refractivity contribution < 1.29 is 18.7 Å². The second-order valence-corrected chi connectivity index (χ2v) is 5.44. The average molecular weight is 325 g/mol. The zero-order valence-electron chi connectivity index (χ0n) is 12.9. The van der Waals surface area contributed by atoms with Crippen molar-refractivity contribution >= 4 is 12.0 Å². The highest BCUT2D eigenvalue weighted by Crippen LogP contribution is 2.27. The third kappa shape index (κ3) is 3.51. The van der Waals surface area contributed by atoms with Crippen molar-refractivity contribution in [2.45, 2.75) is 12.5 Å². The normalized spacial score (nSPS) is 17.3. The molecule has 1 aliphatic heterocycles. The quantitative estimate of drug-likeness (QED) is 0.806. The SMILES string of the molecule is O=C(C=CCc1ccc(F)cc1)N1C(=O)OCC1c1ccccc1. The molecule has 1 saturated heterocycles. The molecule has 2 aromatic carbocycles. The molecular weight excluding hydrogens is 309 g/mol. The molecule has 122 valence electrons. The lowest BCUT2D eigenvalue weighted by molar-refractivity contribution is -0.124. The molecule has 2 amide bonds. The molecule has 1 atom stereocenters. The Morgan fingerprint density at radius 1 is 1.17 bits per heavy atom. The summed E-state index contributed by atoms with van der Waals surface area (Å²) < 4.78 is 17.9. The maximum atomic E-state index is 12.9. The fourth-order valence-corrected chi connectivity index (χ4v) is 2.58. The fourth-order valence-electron chi connectivity index (χ4n) is 2.58. The smallest absolute Gasteiger partial charge is 0.417 e. The molecule has 0 spiro atoms. The van der Waals surface area contributed by atoms with Gasteiger partial charge in [0, 0.05) is 6.08 Å². The molecule has 0 bridgehead atoms. The van der Waals surface area contributed by atoms with E-state index >= 15 is 0 Å². The van der Waals surface area contributed by atoms with Crippen LogP contribution in [-0.4, -0.2) is 23.5 Å². The van der Waals surface area contributed by atoms with Gasteiger partial charge in [0.2, 0.25) is 0 Å². The molecule has 0 aliphatic carbocycles. The number of imide groups is 1. The predicted molar refractivity (Wildman–Crippen MR) is 86.6 cm³/mol. The monoisotopic (exact) mass is 325 g/mol. The molecule has 1 fully saturated rings. The Hall–Kier alpha value is -2.95. The summed E-state index contributed by atoms with van der Waals surface area (Å²) in [5, 5.41) is 0. The van der Waals surface area contributed by atoms with Crippen molar-refractivity contribution in [1.29, 1.82) is 0 Å². The minimum absolute atomic E-state index is 0.153. The third-order valence-electron chi connectivity index (χ3n) is 3.82. The van der Waals surface area contributed by atoms with Crippen molar-refractivity contribution in [3.05, 3.63) is 83.7 Å². The molecule has 5 heteroatoms. The van der Waals surface area contributed by atoms with E-state index in [4.69, 9.17) is 4.74 Å². The number of halogens is 1. The molecule has 4 nitrogen and oxygen atoms in total. The van der Waals surface area contributed by atoms with E-state index in [1.54, 1.807) is 18.2 Å². The minimum Gasteiger partial charge on any atom is -0.446 e. The number of ether oxygens (including phenoxy) is 1. The predicted octanol–water partition coefficient (Wildman–Crippen LogP) is 3.64. The summed E-state index contributed by atoms with van der Waals surface area (Å²) in [5.74, 6) is -0.724. The number of cyclic esters (lactones) is 1. The number of nitrogens with zero attached hydrogens (tertiary/aromatic N) is 1. The van der Waals surface area contributed by atoms with Crippen LogP contribution in [0.1, 0.15) is 17.2 Å². The average Bonchev–Trinajstić information content (AvgIpc) is 2.99. The molecule has 3 rings (SSSR count). The minimum atomic E-state index is -0.639. The van der Waals surface area contributed by atoms with Gasteiger partial charge in [-0.25, -0.2) is 14.1 Å². The number of amides is 2. The van der Waals surface area contributed by atoms with Gasteiger partial charge in [0.05, 0.1) is 0 Å². The summed E-state index contributed by atoms with van der Waals surface area (Å²) in [6.45, 7) is 0.153. The van der Waals surface area contributed by atoms with Gasteiger partial charge >= 0.3 is 6.09 Å². The number of carbonyl (C=O) groups is 2. The summed E-state index contributed by atoms with van der Waals surface area (Å²) in [5.41, 5.74) is 1.73. The molecule has 0 aromatic heterocycles. The molecule has 1 heterocycles. The van der Waals surface area contributed by atoms with Gasteiger partial charge in [0.1, 0.15) is 18.5 Å². The second kappa shape index (κ2) is 7.08. The molecule has 1 aliphatic rings. The van der Waals surface area contributed by atoms with Gasteiger partial charge in [-0.15, -0.1) is 0 Å². The van der Waals surface area contributed by atoms with Crippen molar-refractivity contribution in [1.82, 2.24) is 4.90 Å². The van der Waals surface area contributed by atoms with Gasteiger partial charge < -0.3 is 4.74 Å². The summed E-state index contributed by atoms with van der Waals surface area (Å²) in [7, 11) is 0. The van der Waals surface area contributed by atoms with E-state index in [2.05, 4.69) is 0 Å². The Bertz CT molecular complexity index is 756. The Morgan fingerprint density at radius 2 is 1.88 bits per heavy atom. The molecule has 0 N–H and O–H groups in total. The zero-order valence-corrected chi connectivity index (χ0v) is 12.9. The standard InChI is InChI=1S/C19H16FNO3/c20-16-11-9-14(10-12-16)5-4-8-18(22)21-17(13-24-19(21)23)15-6-2-1-3-7-15/h1-4,6-12,17H,5,13H2. The molecule has 1 unspecified atom stereocenters. The van der Waals surface area contributed by atoms with E-state index < -0.39 is 18.0 Å². The lowest BCUT2D eigenvalue weighted by Crippen LogP contribution is -2.32. The van der Waals surface area contributed by atoms with Crippen molar-refractivity contribution in [2.75, 3.05) is 6.61 Å². The topological polar surface area (TPSA) is 46.6 Å². The summed E-state index contributed by atoms with van der Waals surface area (Å²) in [6.07, 6.45) is 2.85. The van der Waals surface area contributed by atoms with Gasteiger partial charge in [-0.2, -0.15) is 0 Å².